The number of hydrogen-bond acceptors (Lipinski definition) is 4. The highest BCUT2D eigenvalue weighted by Crippen LogP contribution is 2.40. The summed E-state index contributed by atoms with van der Waals surface area (Å²) in [7, 11) is 0. The highest BCUT2D eigenvalue weighted by atomic mass is 16.5. The zero-order valence-electron chi connectivity index (χ0n) is 17.2. The maximum Gasteiger partial charge on any atom is 0.233 e. The molecule has 0 spiro atoms. The fourth-order valence-corrected chi connectivity index (χ4v) is 3.87. The van der Waals surface area contributed by atoms with Gasteiger partial charge in [-0.25, -0.2) is 0 Å². The van der Waals surface area contributed by atoms with Gasteiger partial charge in [-0.3, -0.25) is 0 Å². The van der Waals surface area contributed by atoms with Gasteiger partial charge in [0, 0.05) is 6.42 Å². The van der Waals surface area contributed by atoms with Crippen LogP contribution in [0.2, 0.25) is 0 Å². The molecule has 0 aliphatic rings. The minimum absolute atomic E-state index is 0.596. The summed E-state index contributed by atoms with van der Waals surface area (Å²) in [6.07, 6.45) is 2.66. The third-order valence-corrected chi connectivity index (χ3v) is 5.43. The first-order chi connectivity index (χ1) is 14.7. The molecule has 0 radical (unpaired) electrons. The minimum Gasteiger partial charge on any atom is -0.463 e. The van der Waals surface area contributed by atoms with E-state index in [9.17, 15) is 5.11 Å². The topological polar surface area (TPSA) is 60.2 Å². The summed E-state index contributed by atoms with van der Waals surface area (Å²) >= 11 is 0. The molecule has 4 aromatic rings. The van der Waals surface area contributed by atoms with Crippen LogP contribution in [-0.2, 0) is 5.72 Å². The molecule has 30 heavy (non-hydrogen) atoms. The van der Waals surface area contributed by atoms with E-state index in [2.05, 4.69) is 17.2 Å². The number of benzene rings is 3. The Morgan fingerprint density at radius 3 is 2.30 bits per heavy atom. The largest absolute Gasteiger partial charge is 0.463 e. The van der Waals surface area contributed by atoms with Crippen molar-refractivity contribution in [2.45, 2.75) is 44.4 Å². The van der Waals surface area contributed by atoms with Crippen LogP contribution in [0, 0.1) is 0 Å². The van der Waals surface area contributed by atoms with Gasteiger partial charge in [0.2, 0.25) is 5.72 Å². The minimum atomic E-state index is -1.13. The number of aromatic nitrogens is 3. The third-order valence-electron chi connectivity index (χ3n) is 5.43. The molecule has 4 rings (SSSR count). The lowest BCUT2D eigenvalue weighted by Crippen LogP contribution is -2.46. The maximum atomic E-state index is 11.7. The van der Waals surface area contributed by atoms with Gasteiger partial charge in [0.25, 0.3) is 0 Å². The molecule has 5 nitrogen and oxygen atoms in total. The molecule has 154 valence electrons. The van der Waals surface area contributed by atoms with Crippen LogP contribution in [0.5, 0.6) is 5.75 Å². The molecule has 1 N–H and O–H groups in total. The van der Waals surface area contributed by atoms with Crippen LogP contribution in [0.15, 0.2) is 84.9 Å². The van der Waals surface area contributed by atoms with E-state index in [-0.39, 0.29) is 0 Å². The quantitative estimate of drug-likeness (QED) is 0.377. The van der Waals surface area contributed by atoms with Crippen molar-refractivity contribution < 1.29 is 9.84 Å². The molecule has 0 bridgehead atoms. The van der Waals surface area contributed by atoms with E-state index in [0.29, 0.717) is 12.2 Å². The smallest absolute Gasteiger partial charge is 0.233 e. The summed E-state index contributed by atoms with van der Waals surface area (Å²) in [5.74, 6) is 0.684. The first kappa shape index (κ1) is 20.1. The fourth-order valence-electron chi connectivity index (χ4n) is 3.87. The highest BCUT2D eigenvalue weighted by Gasteiger charge is 2.45. The third kappa shape index (κ3) is 3.94. The van der Waals surface area contributed by atoms with Crippen molar-refractivity contribution in [3.63, 3.8) is 0 Å². The van der Waals surface area contributed by atoms with Crippen LogP contribution in [0.4, 0.5) is 0 Å². The maximum absolute atomic E-state index is 11.7. The van der Waals surface area contributed by atoms with Gasteiger partial charge < -0.3 is 9.84 Å². The summed E-state index contributed by atoms with van der Waals surface area (Å²) in [6, 6.07) is 27.1. The number of unbranched alkanes of at least 4 members (excludes halogenated alkanes) is 2. The molecule has 2 unspecified atom stereocenters. The number of aliphatic hydroxyl groups excluding tert-OH is 1. The summed E-state index contributed by atoms with van der Waals surface area (Å²) in [5, 5.41) is 20.5. The molecular weight excluding hydrogens is 374 g/mol. The van der Waals surface area contributed by atoms with Crippen molar-refractivity contribution in [1.82, 2.24) is 15.0 Å². The monoisotopic (exact) mass is 401 g/mol. The van der Waals surface area contributed by atoms with Crippen molar-refractivity contribution in [2.75, 3.05) is 0 Å². The summed E-state index contributed by atoms with van der Waals surface area (Å²) < 4.78 is 8.39. The Morgan fingerprint density at radius 2 is 1.57 bits per heavy atom. The Kier molecular flexibility index (Phi) is 6.10. The van der Waals surface area contributed by atoms with Crippen molar-refractivity contribution in [1.29, 1.82) is 0 Å². The zero-order valence-corrected chi connectivity index (χ0v) is 17.2. The standard InChI is InChI=1S/C25H27N3O2/c1-2-3-12-19-25(30-21-15-8-5-9-16-21,24(29)20-13-6-4-7-14-20)28-23-18-11-10-17-22(23)26-27-28/h4-11,13-18,24,29H,2-3,12,19H2,1H3. The highest BCUT2D eigenvalue weighted by molar-refractivity contribution is 5.74. The predicted molar refractivity (Wildman–Crippen MR) is 118 cm³/mol. The van der Waals surface area contributed by atoms with E-state index in [1.165, 1.54) is 0 Å². The summed E-state index contributed by atoms with van der Waals surface area (Å²) in [6.45, 7) is 2.16. The number of ether oxygens (including phenoxy) is 1. The van der Waals surface area contributed by atoms with E-state index in [4.69, 9.17) is 4.74 Å². The SMILES string of the molecule is CCCCCC(Oc1ccccc1)(C(O)c1ccccc1)n1nnc2ccccc21. The van der Waals surface area contributed by atoms with Gasteiger partial charge in [-0.1, -0.05) is 85.6 Å². The van der Waals surface area contributed by atoms with Gasteiger partial charge in [-0.15, -0.1) is 5.10 Å². The Morgan fingerprint density at radius 1 is 0.900 bits per heavy atom. The normalized spacial score (nSPS) is 14.3. The second-order valence-electron chi connectivity index (χ2n) is 7.52. The fraction of sp³-hybridized carbons (Fsp3) is 0.280. The van der Waals surface area contributed by atoms with Gasteiger partial charge in [-0.2, -0.15) is 4.68 Å². The van der Waals surface area contributed by atoms with Gasteiger partial charge in [0.1, 0.15) is 17.4 Å². The van der Waals surface area contributed by atoms with E-state index in [1.54, 1.807) is 4.68 Å². The van der Waals surface area contributed by atoms with Crippen LogP contribution in [0.25, 0.3) is 11.0 Å². The number of fused-ring (bicyclic) bond motifs is 1. The molecule has 0 aliphatic heterocycles. The lowest BCUT2D eigenvalue weighted by atomic mass is 9.92. The molecule has 0 saturated carbocycles. The lowest BCUT2D eigenvalue weighted by Gasteiger charge is -2.39. The van der Waals surface area contributed by atoms with Gasteiger partial charge in [0.05, 0.1) is 5.52 Å². The number of nitrogens with zero attached hydrogens (tertiary/aromatic N) is 3. The van der Waals surface area contributed by atoms with Crippen LogP contribution in [0.3, 0.4) is 0 Å². The molecule has 0 amide bonds. The summed E-state index contributed by atoms with van der Waals surface area (Å²) in [4.78, 5) is 0. The second-order valence-corrected chi connectivity index (χ2v) is 7.52. The van der Waals surface area contributed by atoms with E-state index < -0.39 is 11.8 Å². The predicted octanol–water partition coefficient (Wildman–Crippen LogP) is 5.48. The number of hydrogen-bond donors (Lipinski definition) is 1. The van der Waals surface area contributed by atoms with Crippen molar-refractivity contribution in [2.24, 2.45) is 0 Å². The van der Waals surface area contributed by atoms with E-state index >= 15 is 0 Å². The molecule has 0 fully saturated rings. The van der Waals surface area contributed by atoms with E-state index in [1.807, 2.05) is 84.9 Å². The average Bonchev–Trinajstić information content (AvgIpc) is 3.24. The lowest BCUT2D eigenvalue weighted by molar-refractivity contribution is -0.129. The molecule has 5 heteroatoms. The molecular formula is C25H27N3O2. The molecule has 1 aromatic heterocycles. The van der Waals surface area contributed by atoms with Crippen molar-refractivity contribution in [3.05, 3.63) is 90.5 Å². The Hall–Kier alpha value is -3.18. The number of aliphatic hydroxyl groups is 1. The van der Waals surface area contributed by atoms with Crippen molar-refractivity contribution >= 4 is 11.0 Å². The van der Waals surface area contributed by atoms with Crippen LogP contribution in [0.1, 0.15) is 44.3 Å². The van der Waals surface area contributed by atoms with Crippen LogP contribution >= 0.6 is 0 Å². The van der Waals surface area contributed by atoms with Gasteiger partial charge in [0.15, 0.2) is 0 Å². The Labute approximate surface area is 176 Å². The van der Waals surface area contributed by atoms with E-state index in [0.717, 1.165) is 35.9 Å². The first-order valence-corrected chi connectivity index (χ1v) is 10.5. The van der Waals surface area contributed by atoms with Crippen LogP contribution in [-0.4, -0.2) is 20.1 Å². The van der Waals surface area contributed by atoms with Crippen LogP contribution < -0.4 is 4.74 Å². The van der Waals surface area contributed by atoms with Gasteiger partial charge in [-0.05, 0) is 36.2 Å². The Balaban J connectivity index is 1.89. The molecule has 3 aromatic carbocycles. The summed E-state index contributed by atoms with van der Waals surface area (Å²) in [5.41, 5.74) is 1.26. The number of para-hydroxylation sites is 2. The zero-order chi connectivity index (χ0) is 20.8. The molecule has 2 atom stereocenters. The molecule has 1 heterocycles. The average molecular weight is 402 g/mol. The second kappa shape index (κ2) is 9.09. The number of rotatable bonds is 9. The molecule has 0 aliphatic carbocycles. The first-order valence-electron chi connectivity index (χ1n) is 10.5. The van der Waals surface area contributed by atoms with Crippen molar-refractivity contribution in [3.8, 4) is 5.75 Å². The molecule has 0 saturated heterocycles. The Bertz CT molecular complexity index is 1070. The van der Waals surface area contributed by atoms with Gasteiger partial charge >= 0.3 is 0 Å².